The van der Waals surface area contributed by atoms with Gasteiger partial charge in [-0.1, -0.05) is 0 Å². The molecule has 0 radical (unpaired) electrons. The molecule has 1 amide bonds. The van der Waals surface area contributed by atoms with Crippen molar-refractivity contribution in [2.24, 2.45) is 5.92 Å². The van der Waals surface area contributed by atoms with Crippen molar-refractivity contribution in [3.8, 4) is 0 Å². The third kappa shape index (κ3) is 3.05. The Morgan fingerprint density at radius 2 is 2.05 bits per heavy atom. The van der Waals surface area contributed by atoms with E-state index in [2.05, 4.69) is 4.98 Å². The smallest absolute Gasteiger partial charge is 0.339 e. The molecule has 0 saturated heterocycles. The number of hydrogen-bond acceptors (Lipinski definition) is 2. The zero-order chi connectivity index (χ0) is 14.2. The quantitative estimate of drug-likeness (QED) is 0.847. The van der Waals surface area contributed by atoms with E-state index in [-0.39, 0.29) is 17.5 Å². The number of pyridine rings is 1. The van der Waals surface area contributed by atoms with Gasteiger partial charge in [0.1, 0.15) is 5.69 Å². The van der Waals surface area contributed by atoms with Gasteiger partial charge in [0.25, 0.3) is 5.91 Å². The third-order valence-electron chi connectivity index (χ3n) is 3.54. The van der Waals surface area contributed by atoms with Crippen LogP contribution < -0.4 is 0 Å². The second-order valence-corrected chi connectivity index (χ2v) is 4.92. The predicted octanol–water partition coefficient (Wildman–Crippen LogP) is 2.97. The van der Waals surface area contributed by atoms with Crippen LogP contribution in [0.3, 0.4) is 0 Å². The fourth-order valence-electron chi connectivity index (χ4n) is 1.97. The summed E-state index contributed by atoms with van der Waals surface area (Å²) in [6.07, 6.45) is -1.29. The van der Waals surface area contributed by atoms with Gasteiger partial charge in [0.2, 0.25) is 0 Å². The molecule has 19 heavy (non-hydrogen) atoms. The molecule has 0 bridgehead atoms. The molecular weight excluding hydrogens is 257 g/mol. The number of amides is 1. The van der Waals surface area contributed by atoms with E-state index in [9.17, 15) is 18.0 Å². The molecule has 3 nitrogen and oxygen atoms in total. The molecule has 1 aliphatic carbocycles. The highest BCUT2D eigenvalue weighted by molar-refractivity contribution is 5.94. The van der Waals surface area contributed by atoms with E-state index in [1.807, 2.05) is 6.92 Å². The molecule has 0 N–H and O–H groups in total. The highest BCUT2D eigenvalue weighted by Crippen LogP contribution is 2.35. The van der Waals surface area contributed by atoms with Gasteiger partial charge in [-0.2, -0.15) is 13.2 Å². The van der Waals surface area contributed by atoms with Crippen LogP contribution >= 0.6 is 0 Å². The summed E-state index contributed by atoms with van der Waals surface area (Å²) in [5, 5.41) is 0. The minimum atomic E-state index is -4.48. The van der Waals surface area contributed by atoms with Gasteiger partial charge in [0.05, 0.1) is 5.56 Å². The molecule has 1 saturated carbocycles. The molecule has 1 fully saturated rings. The van der Waals surface area contributed by atoms with E-state index in [0.717, 1.165) is 25.1 Å². The molecule has 0 spiro atoms. The van der Waals surface area contributed by atoms with E-state index in [4.69, 9.17) is 0 Å². The topological polar surface area (TPSA) is 33.2 Å². The molecule has 0 aromatic carbocycles. The maximum absolute atomic E-state index is 12.4. The number of aromatic nitrogens is 1. The Balaban J connectivity index is 2.11. The third-order valence-corrected chi connectivity index (χ3v) is 3.54. The molecule has 1 atom stereocenters. The lowest BCUT2D eigenvalue weighted by atomic mass is 10.1. The van der Waals surface area contributed by atoms with Crippen molar-refractivity contribution < 1.29 is 18.0 Å². The van der Waals surface area contributed by atoms with Gasteiger partial charge in [-0.15, -0.1) is 0 Å². The predicted molar refractivity (Wildman–Crippen MR) is 63.5 cm³/mol. The second-order valence-electron chi connectivity index (χ2n) is 4.92. The lowest BCUT2D eigenvalue weighted by Crippen LogP contribution is -2.36. The zero-order valence-corrected chi connectivity index (χ0v) is 10.7. The number of hydrogen-bond donors (Lipinski definition) is 0. The van der Waals surface area contributed by atoms with Gasteiger partial charge in [0.15, 0.2) is 0 Å². The summed E-state index contributed by atoms with van der Waals surface area (Å²) in [7, 11) is 1.67. The standard InChI is InChI=1S/C13H15F3N2O/c1-8(9-3-4-9)18(2)12(19)10-5-6-11(17-7-10)13(14,15)16/h5-9H,3-4H2,1-2H3. The molecule has 1 aliphatic rings. The summed E-state index contributed by atoms with van der Waals surface area (Å²) in [6, 6.07) is 2.12. The molecule has 1 unspecified atom stereocenters. The maximum Gasteiger partial charge on any atom is 0.433 e. The van der Waals surface area contributed by atoms with Gasteiger partial charge in [-0.3, -0.25) is 9.78 Å². The first-order valence-electron chi connectivity index (χ1n) is 6.11. The van der Waals surface area contributed by atoms with Gasteiger partial charge in [0, 0.05) is 19.3 Å². The van der Waals surface area contributed by atoms with Crippen molar-refractivity contribution >= 4 is 5.91 Å². The lowest BCUT2D eigenvalue weighted by molar-refractivity contribution is -0.141. The van der Waals surface area contributed by atoms with Crippen molar-refractivity contribution in [3.05, 3.63) is 29.6 Å². The first-order valence-corrected chi connectivity index (χ1v) is 6.11. The molecule has 1 aromatic rings. The van der Waals surface area contributed by atoms with Crippen LogP contribution in [-0.2, 0) is 6.18 Å². The largest absolute Gasteiger partial charge is 0.433 e. The minimum Gasteiger partial charge on any atom is -0.339 e. The number of nitrogens with zero attached hydrogens (tertiary/aromatic N) is 2. The molecule has 1 heterocycles. The Labute approximate surface area is 109 Å². The van der Waals surface area contributed by atoms with E-state index >= 15 is 0 Å². The number of alkyl halides is 3. The maximum atomic E-state index is 12.4. The van der Waals surface area contributed by atoms with Crippen molar-refractivity contribution in [3.63, 3.8) is 0 Å². The number of rotatable bonds is 3. The SMILES string of the molecule is CC(C1CC1)N(C)C(=O)c1ccc(C(F)(F)F)nc1. The van der Waals surface area contributed by atoms with Gasteiger partial charge >= 0.3 is 6.18 Å². The monoisotopic (exact) mass is 272 g/mol. The average Bonchev–Trinajstić information content (AvgIpc) is 3.19. The fraction of sp³-hybridized carbons (Fsp3) is 0.538. The highest BCUT2D eigenvalue weighted by Gasteiger charge is 2.34. The van der Waals surface area contributed by atoms with Crippen LogP contribution in [0.5, 0.6) is 0 Å². The molecule has 104 valence electrons. The van der Waals surface area contributed by atoms with Crippen LogP contribution in [0, 0.1) is 5.92 Å². The second kappa shape index (κ2) is 4.83. The normalized spacial score (nSPS) is 17.1. The zero-order valence-electron chi connectivity index (χ0n) is 10.7. The lowest BCUT2D eigenvalue weighted by Gasteiger charge is -2.24. The molecule has 2 rings (SSSR count). The molecule has 0 aliphatic heterocycles. The van der Waals surface area contributed by atoms with Crippen LogP contribution in [-0.4, -0.2) is 28.9 Å². The molecular formula is C13H15F3N2O. The van der Waals surface area contributed by atoms with Crippen LogP contribution in [0.4, 0.5) is 13.2 Å². The number of carbonyl (C=O) groups is 1. The van der Waals surface area contributed by atoms with Crippen LogP contribution in [0.25, 0.3) is 0 Å². The average molecular weight is 272 g/mol. The Morgan fingerprint density at radius 1 is 1.42 bits per heavy atom. The number of carbonyl (C=O) groups excluding carboxylic acids is 1. The first kappa shape index (κ1) is 13.8. The van der Waals surface area contributed by atoms with Crippen LogP contribution in [0.2, 0.25) is 0 Å². The van der Waals surface area contributed by atoms with Crippen LogP contribution in [0.15, 0.2) is 18.3 Å². The Hall–Kier alpha value is -1.59. The Morgan fingerprint density at radius 3 is 2.47 bits per heavy atom. The van der Waals surface area contributed by atoms with E-state index in [1.54, 1.807) is 11.9 Å². The molecule has 6 heteroatoms. The first-order chi connectivity index (χ1) is 8.80. The summed E-state index contributed by atoms with van der Waals surface area (Å²) in [5.74, 6) is 0.219. The van der Waals surface area contributed by atoms with Gasteiger partial charge < -0.3 is 4.90 Å². The van der Waals surface area contributed by atoms with Gasteiger partial charge in [-0.25, -0.2) is 0 Å². The van der Waals surface area contributed by atoms with Crippen molar-refractivity contribution in [2.75, 3.05) is 7.05 Å². The van der Waals surface area contributed by atoms with Crippen molar-refractivity contribution in [1.29, 1.82) is 0 Å². The van der Waals surface area contributed by atoms with E-state index < -0.39 is 11.9 Å². The van der Waals surface area contributed by atoms with Gasteiger partial charge in [-0.05, 0) is 37.8 Å². The Kier molecular flexibility index (Phi) is 3.52. The summed E-state index contributed by atoms with van der Waals surface area (Å²) < 4.78 is 37.1. The van der Waals surface area contributed by atoms with E-state index in [0.29, 0.717) is 5.92 Å². The molecule has 1 aromatic heterocycles. The van der Waals surface area contributed by atoms with Crippen LogP contribution in [0.1, 0.15) is 35.8 Å². The highest BCUT2D eigenvalue weighted by atomic mass is 19.4. The van der Waals surface area contributed by atoms with E-state index in [1.165, 1.54) is 6.07 Å². The summed E-state index contributed by atoms with van der Waals surface area (Å²) in [4.78, 5) is 17.0. The summed E-state index contributed by atoms with van der Waals surface area (Å²) in [5.41, 5.74) is -0.801. The van der Waals surface area contributed by atoms with Crippen molar-refractivity contribution in [1.82, 2.24) is 9.88 Å². The fourth-order valence-corrected chi connectivity index (χ4v) is 1.97. The number of halogens is 3. The summed E-state index contributed by atoms with van der Waals surface area (Å²) in [6.45, 7) is 1.95. The Bertz CT molecular complexity index is 466. The summed E-state index contributed by atoms with van der Waals surface area (Å²) >= 11 is 0. The minimum absolute atomic E-state index is 0.106. The van der Waals surface area contributed by atoms with Crippen molar-refractivity contribution in [2.45, 2.75) is 32.0 Å².